The Balaban J connectivity index is 1.71. The fourth-order valence-electron chi connectivity index (χ4n) is 3.59. The van der Waals surface area contributed by atoms with Crippen molar-refractivity contribution in [3.8, 4) is 5.75 Å². The lowest BCUT2D eigenvalue weighted by molar-refractivity contribution is 0.182. The summed E-state index contributed by atoms with van der Waals surface area (Å²) < 4.78 is 7.49. The molecule has 0 spiro atoms. The van der Waals surface area contributed by atoms with Gasteiger partial charge in [0.15, 0.2) is 0 Å². The number of ether oxygens (including phenoxy) is 1. The topological polar surface area (TPSA) is 46.5 Å². The number of hydrogen-bond donors (Lipinski definition) is 1. The normalized spacial score (nSPS) is 15.8. The summed E-state index contributed by atoms with van der Waals surface area (Å²) in [4.78, 5) is 15.0. The van der Waals surface area contributed by atoms with Crippen LogP contribution in [-0.4, -0.2) is 29.2 Å². The van der Waals surface area contributed by atoms with Crippen molar-refractivity contribution in [1.82, 2.24) is 9.47 Å². The Hall–Kier alpha value is -2.63. The van der Waals surface area contributed by atoms with Crippen LogP contribution in [0, 0.1) is 0 Å². The number of aromatic nitrogens is 1. The van der Waals surface area contributed by atoms with Gasteiger partial charge in [0.2, 0.25) is 0 Å². The standard InChI is InChI=1S/C21H19Cl2N3O2/c1-28-19-7-3-2-5-17(19)24-21(27)26-12-11-25-10-4-6-18(25)20(26)15-9-8-14(22)13-16(15)23/h2-10,13,20H,11-12H2,1H3,(H,24,27)/t20-/m0/s1. The van der Waals surface area contributed by atoms with Crippen LogP contribution in [0.25, 0.3) is 0 Å². The van der Waals surface area contributed by atoms with E-state index in [9.17, 15) is 4.79 Å². The first-order valence-electron chi connectivity index (χ1n) is 8.89. The summed E-state index contributed by atoms with van der Waals surface area (Å²) in [6.45, 7) is 1.26. The third kappa shape index (κ3) is 3.43. The van der Waals surface area contributed by atoms with Gasteiger partial charge in [-0.25, -0.2) is 4.79 Å². The molecule has 1 aliphatic heterocycles. The van der Waals surface area contributed by atoms with Crippen molar-refractivity contribution >= 4 is 34.9 Å². The predicted octanol–water partition coefficient (Wildman–Crippen LogP) is 5.44. The van der Waals surface area contributed by atoms with E-state index in [1.54, 1.807) is 24.1 Å². The van der Waals surface area contributed by atoms with E-state index in [0.717, 1.165) is 11.3 Å². The van der Waals surface area contributed by atoms with Crippen LogP contribution in [0.1, 0.15) is 17.3 Å². The largest absolute Gasteiger partial charge is 0.495 e. The van der Waals surface area contributed by atoms with Gasteiger partial charge in [-0.3, -0.25) is 0 Å². The number of benzene rings is 2. The highest BCUT2D eigenvalue weighted by atomic mass is 35.5. The number of anilines is 1. The predicted molar refractivity (Wildman–Crippen MR) is 111 cm³/mol. The molecular formula is C21H19Cl2N3O2. The molecular weight excluding hydrogens is 397 g/mol. The molecule has 0 saturated carbocycles. The van der Waals surface area contributed by atoms with Crippen molar-refractivity contribution in [2.75, 3.05) is 19.0 Å². The minimum absolute atomic E-state index is 0.215. The van der Waals surface area contributed by atoms with Crippen LogP contribution in [0.3, 0.4) is 0 Å². The average molecular weight is 416 g/mol. The molecule has 0 aliphatic carbocycles. The van der Waals surface area contributed by atoms with Crippen LogP contribution in [-0.2, 0) is 6.54 Å². The minimum Gasteiger partial charge on any atom is -0.495 e. The summed E-state index contributed by atoms with van der Waals surface area (Å²) in [5, 5.41) is 4.06. The molecule has 0 unspecified atom stereocenters. The zero-order chi connectivity index (χ0) is 19.7. The monoisotopic (exact) mass is 415 g/mol. The Bertz CT molecular complexity index is 1020. The molecule has 3 aromatic rings. The third-order valence-corrected chi connectivity index (χ3v) is 5.47. The lowest BCUT2D eigenvalue weighted by Crippen LogP contribution is -2.44. The minimum atomic E-state index is -0.316. The SMILES string of the molecule is COc1ccccc1NC(=O)N1CCn2cccc2[C@@H]1c1ccc(Cl)cc1Cl. The Morgan fingerprint density at radius 3 is 2.71 bits per heavy atom. The van der Waals surface area contributed by atoms with E-state index in [-0.39, 0.29) is 12.1 Å². The number of carbonyl (C=O) groups excluding carboxylic acids is 1. The van der Waals surface area contributed by atoms with E-state index < -0.39 is 0 Å². The summed E-state index contributed by atoms with van der Waals surface area (Å²) in [7, 11) is 1.58. The second-order valence-electron chi connectivity index (χ2n) is 6.52. The van der Waals surface area contributed by atoms with Crippen molar-refractivity contribution in [1.29, 1.82) is 0 Å². The van der Waals surface area contributed by atoms with Gasteiger partial charge in [0.1, 0.15) is 11.8 Å². The number of urea groups is 1. The fourth-order valence-corrected chi connectivity index (χ4v) is 4.10. The van der Waals surface area contributed by atoms with E-state index in [1.807, 2.05) is 48.7 Å². The first kappa shape index (κ1) is 18.7. The van der Waals surface area contributed by atoms with E-state index in [0.29, 0.717) is 34.6 Å². The molecule has 2 aromatic carbocycles. The summed E-state index contributed by atoms with van der Waals surface area (Å²) in [6.07, 6.45) is 2.02. The van der Waals surface area contributed by atoms with Crippen molar-refractivity contribution in [2.24, 2.45) is 0 Å². The van der Waals surface area contributed by atoms with E-state index in [2.05, 4.69) is 9.88 Å². The number of hydrogen-bond acceptors (Lipinski definition) is 2. The maximum absolute atomic E-state index is 13.2. The molecule has 1 aromatic heterocycles. The number of para-hydroxylation sites is 2. The molecule has 2 amide bonds. The number of carbonyl (C=O) groups is 1. The molecule has 0 saturated heterocycles. The van der Waals surface area contributed by atoms with E-state index in [1.165, 1.54) is 0 Å². The molecule has 144 valence electrons. The summed E-state index contributed by atoms with van der Waals surface area (Å²) in [5.74, 6) is 0.609. The van der Waals surface area contributed by atoms with Crippen LogP contribution in [0.5, 0.6) is 5.75 Å². The van der Waals surface area contributed by atoms with Crippen molar-refractivity contribution < 1.29 is 9.53 Å². The zero-order valence-electron chi connectivity index (χ0n) is 15.2. The van der Waals surface area contributed by atoms with Gasteiger partial charge in [-0.15, -0.1) is 0 Å². The first-order chi connectivity index (χ1) is 13.6. The molecule has 0 radical (unpaired) electrons. The maximum Gasteiger partial charge on any atom is 0.322 e. The average Bonchev–Trinajstić information content (AvgIpc) is 3.17. The van der Waals surface area contributed by atoms with E-state index in [4.69, 9.17) is 27.9 Å². The molecule has 5 nitrogen and oxygen atoms in total. The number of fused-ring (bicyclic) bond motifs is 1. The molecule has 0 fully saturated rings. The number of nitrogens with one attached hydrogen (secondary N) is 1. The van der Waals surface area contributed by atoms with Gasteiger partial charge in [0.25, 0.3) is 0 Å². The fraction of sp³-hybridized carbons (Fsp3) is 0.190. The number of nitrogens with zero attached hydrogens (tertiary/aromatic N) is 2. The van der Waals surface area contributed by atoms with Gasteiger partial charge in [-0.05, 0) is 42.0 Å². The van der Waals surface area contributed by atoms with Gasteiger partial charge < -0.3 is 19.5 Å². The quantitative estimate of drug-likeness (QED) is 0.618. The summed E-state index contributed by atoms with van der Waals surface area (Å²) in [6, 6.07) is 16.2. The van der Waals surface area contributed by atoms with Crippen LogP contribution < -0.4 is 10.1 Å². The highest BCUT2D eigenvalue weighted by Crippen LogP contribution is 2.37. The Labute approximate surface area is 173 Å². The number of methoxy groups -OCH3 is 1. The van der Waals surface area contributed by atoms with Gasteiger partial charge in [-0.2, -0.15) is 0 Å². The number of amides is 2. The zero-order valence-corrected chi connectivity index (χ0v) is 16.7. The van der Waals surface area contributed by atoms with Gasteiger partial charge in [0, 0.05) is 35.0 Å². The molecule has 1 aliphatic rings. The highest BCUT2D eigenvalue weighted by Gasteiger charge is 2.33. The van der Waals surface area contributed by atoms with Crippen LogP contribution in [0.2, 0.25) is 10.0 Å². The van der Waals surface area contributed by atoms with Crippen LogP contribution in [0.15, 0.2) is 60.8 Å². The van der Waals surface area contributed by atoms with Crippen molar-refractivity contribution in [2.45, 2.75) is 12.6 Å². The molecule has 1 N–H and O–H groups in total. The van der Waals surface area contributed by atoms with Crippen molar-refractivity contribution in [3.63, 3.8) is 0 Å². The van der Waals surface area contributed by atoms with Gasteiger partial charge >= 0.3 is 6.03 Å². The molecule has 2 heterocycles. The van der Waals surface area contributed by atoms with Gasteiger partial charge in [0.05, 0.1) is 12.8 Å². The maximum atomic E-state index is 13.2. The molecule has 0 bridgehead atoms. The van der Waals surface area contributed by atoms with Crippen LogP contribution in [0.4, 0.5) is 10.5 Å². The molecule has 4 rings (SSSR count). The van der Waals surface area contributed by atoms with Crippen molar-refractivity contribution in [3.05, 3.63) is 82.1 Å². The Morgan fingerprint density at radius 2 is 1.93 bits per heavy atom. The number of rotatable bonds is 3. The Morgan fingerprint density at radius 1 is 1.11 bits per heavy atom. The highest BCUT2D eigenvalue weighted by molar-refractivity contribution is 6.35. The second kappa shape index (κ2) is 7.78. The first-order valence-corrected chi connectivity index (χ1v) is 9.64. The van der Waals surface area contributed by atoms with Gasteiger partial charge in [-0.1, -0.05) is 41.4 Å². The number of halogens is 2. The summed E-state index contributed by atoms with van der Waals surface area (Å²) >= 11 is 12.6. The summed E-state index contributed by atoms with van der Waals surface area (Å²) in [5.41, 5.74) is 2.46. The third-order valence-electron chi connectivity index (χ3n) is 4.90. The second-order valence-corrected chi connectivity index (χ2v) is 7.36. The lowest BCUT2D eigenvalue weighted by atomic mass is 10.00. The Kier molecular flexibility index (Phi) is 5.20. The molecule has 28 heavy (non-hydrogen) atoms. The lowest BCUT2D eigenvalue weighted by Gasteiger charge is -2.37. The molecule has 7 heteroatoms. The van der Waals surface area contributed by atoms with Crippen LogP contribution >= 0.6 is 23.2 Å². The molecule has 1 atom stereocenters. The smallest absolute Gasteiger partial charge is 0.322 e. The van der Waals surface area contributed by atoms with E-state index >= 15 is 0 Å².